The second kappa shape index (κ2) is 7.58. The summed E-state index contributed by atoms with van der Waals surface area (Å²) in [7, 11) is 0. The van der Waals surface area contributed by atoms with Gasteiger partial charge in [0.1, 0.15) is 0 Å². The molecule has 0 bridgehead atoms. The van der Waals surface area contributed by atoms with E-state index in [2.05, 4.69) is 41.5 Å². The predicted octanol–water partition coefficient (Wildman–Crippen LogP) is 4.41. The highest BCUT2D eigenvalue weighted by molar-refractivity contribution is 8.01. The molecule has 1 N–H and O–H groups in total. The lowest BCUT2D eigenvalue weighted by molar-refractivity contribution is -0.0307. The number of aliphatic hydroxyl groups excluding tert-OH is 1. The molecule has 4 heteroatoms. The lowest BCUT2D eigenvalue weighted by atomic mass is 9.82. The molecule has 0 fully saturated rings. The molecule has 2 nitrogen and oxygen atoms in total. The van der Waals surface area contributed by atoms with Crippen LogP contribution in [0.3, 0.4) is 0 Å². The average molecular weight is 309 g/mol. The summed E-state index contributed by atoms with van der Waals surface area (Å²) in [6.07, 6.45) is 0. The molecule has 0 aromatic heterocycles. The number of ether oxygens (including phenoxy) is 1. The van der Waals surface area contributed by atoms with E-state index in [0.29, 0.717) is 11.2 Å². The Kier molecular flexibility index (Phi) is 7.83. The van der Waals surface area contributed by atoms with Crippen LogP contribution in [-0.4, -0.2) is 39.0 Å². The van der Waals surface area contributed by atoms with Crippen LogP contribution in [0.1, 0.15) is 55.4 Å². The number of aliphatic hydroxyl groups is 1. The van der Waals surface area contributed by atoms with E-state index in [1.54, 1.807) is 0 Å². The summed E-state index contributed by atoms with van der Waals surface area (Å²) in [4.78, 5) is 0. The molecular formula is C15H32O2S2. The molecule has 0 aromatic carbocycles. The van der Waals surface area contributed by atoms with Crippen molar-refractivity contribution in [2.24, 2.45) is 5.41 Å². The van der Waals surface area contributed by atoms with Crippen LogP contribution in [0.2, 0.25) is 0 Å². The van der Waals surface area contributed by atoms with Crippen LogP contribution in [0.15, 0.2) is 0 Å². The smallest absolute Gasteiger partial charge is 0.0929 e. The van der Waals surface area contributed by atoms with Gasteiger partial charge in [-0.25, -0.2) is 0 Å². The molecule has 116 valence electrons. The Morgan fingerprint density at radius 1 is 1.05 bits per heavy atom. The second-order valence-electron chi connectivity index (χ2n) is 7.09. The van der Waals surface area contributed by atoms with E-state index in [1.165, 1.54) is 0 Å². The number of thioether (sulfide) groups is 2. The van der Waals surface area contributed by atoms with Crippen molar-refractivity contribution in [3.63, 3.8) is 0 Å². The summed E-state index contributed by atoms with van der Waals surface area (Å²) in [5.41, 5.74) is -0.196. The first-order chi connectivity index (χ1) is 8.43. The molecule has 0 rings (SSSR count). The van der Waals surface area contributed by atoms with Crippen molar-refractivity contribution in [3.8, 4) is 0 Å². The highest BCUT2D eigenvalue weighted by atomic mass is 32.2. The van der Waals surface area contributed by atoms with Gasteiger partial charge in [0.05, 0.1) is 18.1 Å². The molecule has 0 heterocycles. The Bertz CT molecular complexity index is 261. The third kappa shape index (κ3) is 7.26. The van der Waals surface area contributed by atoms with Crippen LogP contribution in [0.25, 0.3) is 0 Å². The normalized spacial score (nSPS) is 14.2. The van der Waals surface area contributed by atoms with Crippen LogP contribution in [0.5, 0.6) is 0 Å². The van der Waals surface area contributed by atoms with E-state index >= 15 is 0 Å². The van der Waals surface area contributed by atoms with E-state index in [0.717, 1.165) is 5.75 Å². The summed E-state index contributed by atoms with van der Waals surface area (Å²) < 4.78 is 5.91. The van der Waals surface area contributed by atoms with Gasteiger partial charge in [-0.15, -0.1) is 11.8 Å². The van der Waals surface area contributed by atoms with Crippen molar-refractivity contribution in [1.29, 1.82) is 0 Å². The molecule has 0 aliphatic heterocycles. The lowest BCUT2D eigenvalue weighted by Gasteiger charge is -2.42. The van der Waals surface area contributed by atoms with E-state index in [1.807, 2.05) is 37.4 Å². The first-order valence-corrected chi connectivity index (χ1v) is 8.97. The molecule has 0 aliphatic rings. The fourth-order valence-electron chi connectivity index (χ4n) is 1.47. The van der Waals surface area contributed by atoms with Gasteiger partial charge in [-0.1, -0.05) is 41.5 Å². The van der Waals surface area contributed by atoms with Crippen LogP contribution in [0, 0.1) is 5.41 Å². The average Bonchev–Trinajstić information content (AvgIpc) is 2.22. The summed E-state index contributed by atoms with van der Waals surface area (Å²) in [6.45, 7) is 17.7. The van der Waals surface area contributed by atoms with E-state index in [9.17, 15) is 0 Å². The minimum atomic E-state index is -0.431. The predicted molar refractivity (Wildman–Crippen MR) is 90.2 cm³/mol. The quantitative estimate of drug-likeness (QED) is 0.504. The standard InChI is InChI=1S/C15H32O2S2/c1-12(2)19-15(7,8)13(3,4)10-18-11-17-14(5,6)9-16/h12,16H,9-11H2,1-8H3. The third-order valence-corrected chi connectivity index (χ3v) is 6.36. The van der Waals surface area contributed by atoms with Gasteiger partial charge in [0.15, 0.2) is 0 Å². The molecule has 0 aromatic rings. The van der Waals surface area contributed by atoms with Crippen molar-refractivity contribution in [2.45, 2.75) is 71.0 Å². The molecular weight excluding hydrogens is 276 g/mol. The fourth-order valence-corrected chi connectivity index (χ4v) is 4.48. The van der Waals surface area contributed by atoms with Crippen LogP contribution < -0.4 is 0 Å². The number of hydrogen-bond acceptors (Lipinski definition) is 4. The topological polar surface area (TPSA) is 29.5 Å². The molecule has 0 radical (unpaired) electrons. The van der Waals surface area contributed by atoms with E-state index in [-0.39, 0.29) is 16.8 Å². The molecule has 0 saturated carbocycles. The summed E-state index contributed by atoms with van der Waals surface area (Å²) in [6, 6.07) is 0. The van der Waals surface area contributed by atoms with Crippen molar-refractivity contribution >= 4 is 23.5 Å². The lowest BCUT2D eigenvalue weighted by Crippen LogP contribution is -2.39. The molecule has 0 saturated heterocycles. The Hall–Kier alpha value is 0.620. The van der Waals surface area contributed by atoms with Crippen LogP contribution >= 0.6 is 23.5 Å². The van der Waals surface area contributed by atoms with Crippen LogP contribution in [-0.2, 0) is 4.74 Å². The van der Waals surface area contributed by atoms with Crippen LogP contribution in [0.4, 0.5) is 0 Å². The highest BCUT2D eigenvalue weighted by Gasteiger charge is 2.37. The van der Waals surface area contributed by atoms with Gasteiger partial charge in [0.2, 0.25) is 0 Å². The van der Waals surface area contributed by atoms with Crippen molar-refractivity contribution in [3.05, 3.63) is 0 Å². The van der Waals surface area contributed by atoms with Crippen molar-refractivity contribution < 1.29 is 9.84 Å². The van der Waals surface area contributed by atoms with Gasteiger partial charge in [0.25, 0.3) is 0 Å². The maximum atomic E-state index is 9.14. The first kappa shape index (κ1) is 19.6. The van der Waals surface area contributed by atoms with E-state index < -0.39 is 5.60 Å². The Morgan fingerprint density at radius 2 is 1.58 bits per heavy atom. The molecule has 0 amide bonds. The highest BCUT2D eigenvalue weighted by Crippen LogP contribution is 2.45. The molecule has 0 spiro atoms. The summed E-state index contributed by atoms with van der Waals surface area (Å²) in [5, 5.41) is 9.79. The van der Waals surface area contributed by atoms with Gasteiger partial charge in [-0.2, -0.15) is 11.8 Å². The van der Waals surface area contributed by atoms with Gasteiger partial charge < -0.3 is 9.84 Å². The molecule has 0 unspecified atom stereocenters. The minimum Gasteiger partial charge on any atom is -0.393 e. The number of hydrogen-bond donors (Lipinski definition) is 1. The van der Waals surface area contributed by atoms with Crippen molar-refractivity contribution in [1.82, 2.24) is 0 Å². The zero-order chi connectivity index (χ0) is 15.3. The largest absolute Gasteiger partial charge is 0.393 e. The summed E-state index contributed by atoms with van der Waals surface area (Å²) in [5.74, 6) is 1.70. The van der Waals surface area contributed by atoms with Gasteiger partial charge in [0, 0.05) is 10.5 Å². The SMILES string of the molecule is CC(C)SC(C)(C)C(C)(C)CSCOC(C)(C)CO. The van der Waals surface area contributed by atoms with Gasteiger partial charge >= 0.3 is 0 Å². The Morgan fingerprint density at radius 3 is 2.00 bits per heavy atom. The zero-order valence-corrected chi connectivity index (χ0v) is 15.5. The monoisotopic (exact) mass is 308 g/mol. The Balaban J connectivity index is 4.23. The maximum Gasteiger partial charge on any atom is 0.0929 e. The molecule has 0 aliphatic carbocycles. The van der Waals surface area contributed by atoms with Gasteiger partial charge in [-0.05, 0) is 24.5 Å². The minimum absolute atomic E-state index is 0.0612. The Labute approximate surface area is 128 Å². The summed E-state index contributed by atoms with van der Waals surface area (Å²) >= 11 is 3.85. The van der Waals surface area contributed by atoms with Gasteiger partial charge in [-0.3, -0.25) is 0 Å². The van der Waals surface area contributed by atoms with Crippen molar-refractivity contribution in [2.75, 3.05) is 18.3 Å². The van der Waals surface area contributed by atoms with E-state index in [4.69, 9.17) is 9.84 Å². The maximum absolute atomic E-state index is 9.14. The second-order valence-corrected chi connectivity index (χ2v) is 10.2. The fraction of sp³-hybridized carbons (Fsp3) is 1.00. The zero-order valence-electron chi connectivity index (χ0n) is 13.9. The third-order valence-electron chi connectivity index (χ3n) is 3.54. The first-order valence-electron chi connectivity index (χ1n) is 6.94. The number of rotatable bonds is 9. The molecule has 0 atom stereocenters. The molecule has 19 heavy (non-hydrogen) atoms.